The van der Waals surface area contributed by atoms with E-state index in [0.29, 0.717) is 0 Å². The van der Waals surface area contributed by atoms with Crippen molar-refractivity contribution in [3.8, 4) is 18.2 Å². The zero-order chi connectivity index (χ0) is 9.61. The maximum atomic E-state index is 8.33. The summed E-state index contributed by atoms with van der Waals surface area (Å²) in [5, 5.41) is 41.4. The molecule has 0 atom stereocenters. The number of nitriles is 3. The van der Waals surface area contributed by atoms with Gasteiger partial charge < -0.3 is 14.1 Å². The summed E-state index contributed by atoms with van der Waals surface area (Å²) in [6.07, 6.45) is 0. The number of nitrogens with zero attached hydrogens (tertiary/aromatic N) is 3. The Balaban J connectivity index is 4.31. The highest BCUT2D eigenvalue weighted by atomic mass is 32.2. The molecule has 0 rings (SSSR count). The fraction of sp³-hybridized carbons (Fsp3) is 0.250. The van der Waals surface area contributed by atoms with Crippen LogP contribution in [0.25, 0.3) is 0 Å². The molecule has 0 fully saturated rings. The molecule has 0 aliphatic rings. The van der Waals surface area contributed by atoms with Gasteiger partial charge in [0.1, 0.15) is 18.2 Å². The second kappa shape index (κ2) is 4.60. The highest BCUT2D eigenvalue weighted by Gasteiger charge is 2.34. The van der Waals surface area contributed by atoms with E-state index in [-0.39, 0.29) is 12.0 Å². The van der Waals surface area contributed by atoms with Gasteiger partial charge in [-0.2, -0.15) is 15.8 Å². The van der Waals surface area contributed by atoms with Gasteiger partial charge in [-0.1, -0.05) is 0 Å². The molecule has 0 radical (unpaired) electrons. The Morgan fingerprint density at radius 1 is 1.17 bits per heavy atom. The molecule has 0 aromatic carbocycles. The smallest absolute Gasteiger partial charge is 0.401 e. The largest absolute Gasteiger partial charge is 0.645 e. The lowest BCUT2D eigenvalue weighted by molar-refractivity contribution is 0.307. The zero-order valence-electron chi connectivity index (χ0n) is 5.63. The Labute approximate surface area is 73.0 Å². The van der Waals surface area contributed by atoms with E-state index in [1.807, 2.05) is 0 Å². The fourth-order valence-electron chi connectivity index (χ4n) is 0.246. The van der Waals surface area contributed by atoms with Crippen LogP contribution in [0.3, 0.4) is 0 Å². The number of hydrogen-bond acceptors (Lipinski definition) is 7. The SMILES string of the molecule is N#CC(C#N)(C#N)SOB(O)O. The van der Waals surface area contributed by atoms with Crippen molar-refractivity contribution in [2.75, 3.05) is 0 Å². The van der Waals surface area contributed by atoms with Crippen molar-refractivity contribution in [1.82, 2.24) is 0 Å². The van der Waals surface area contributed by atoms with Crippen molar-refractivity contribution < 1.29 is 14.1 Å². The van der Waals surface area contributed by atoms with Crippen LogP contribution >= 0.6 is 12.0 Å². The molecule has 0 saturated heterocycles. The maximum Gasteiger partial charge on any atom is 0.645 e. The highest BCUT2D eigenvalue weighted by molar-refractivity contribution is 7.97. The van der Waals surface area contributed by atoms with E-state index < -0.39 is 12.1 Å². The first-order valence-corrected chi connectivity index (χ1v) is 3.29. The van der Waals surface area contributed by atoms with Crippen molar-refractivity contribution in [2.24, 2.45) is 0 Å². The molecule has 0 aliphatic heterocycles. The second-order valence-corrected chi connectivity index (χ2v) is 2.49. The molecule has 0 saturated carbocycles. The summed E-state index contributed by atoms with van der Waals surface area (Å²) in [5.41, 5.74) is 0. The van der Waals surface area contributed by atoms with Crippen LogP contribution in [0.5, 0.6) is 0 Å². The van der Waals surface area contributed by atoms with Crippen LogP contribution in [0.15, 0.2) is 0 Å². The summed E-state index contributed by atoms with van der Waals surface area (Å²) in [6.45, 7) is 0. The first-order chi connectivity index (χ1) is 5.60. The summed E-state index contributed by atoms with van der Waals surface area (Å²) in [4.78, 5) is 0. The van der Waals surface area contributed by atoms with E-state index in [2.05, 4.69) is 4.10 Å². The molecule has 0 spiro atoms. The minimum atomic E-state index is -2.12. The normalized spacial score (nSPS) is 9.25. The lowest BCUT2D eigenvalue weighted by atomic mass is 10.2. The summed E-state index contributed by atoms with van der Waals surface area (Å²) >= 11 is 0.0937. The van der Waals surface area contributed by atoms with Crippen LogP contribution in [0, 0.1) is 34.0 Å². The second-order valence-electron chi connectivity index (χ2n) is 1.52. The topological polar surface area (TPSA) is 121 Å². The van der Waals surface area contributed by atoms with Crippen LogP contribution in [0.2, 0.25) is 0 Å². The van der Waals surface area contributed by atoms with Crippen LogP contribution < -0.4 is 0 Å². The van der Waals surface area contributed by atoms with E-state index in [0.717, 1.165) is 0 Å². The predicted octanol–water partition coefficient (Wildman–Crippen LogP) is -1.07. The van der Waals surface area contributed by atoms with Gasteiger partial charge >= 0.3 is 7.32 Å². The van der Waals surface area contributed by atoms with E-state index in [9.17, 15) is 0 Å². The first-order valence-electron chi connectivity index (χ1n) is 2.54. The summed E-state index contributed by atoms with van der Waals surface area (Å²) < 4.78 is 1.99. The molecule has 0 aliphatic carbocycles. The van der Waals surface area contributed by atoms with Crippen LogP contribution in [-0.4, -0.2) is 22.1 Å². The van der Waals surface area contributed by atoms with Gasteiger partial charge in [0.05, 0.1) is 0 Å². The third-order valence-corrected chi connectivity index (χ3v) is 1.52. The van der Waals surface area contributed by atoms with Crippen LogP contribution in [-0.2, 0) is 4.10 Å². The molecule has 60 valence electrons. The Morgan fingerprint density at radius 2 is 1.58 bits per heavy atom. The van der Waals surface area contributed by atoms with Crippen LogP contribution in [0.4, 0.5) is 0 Å². The highest BCUT2D eigenvalue weighted by Crippen LogP contribution is 2.23. The summed E-state index contributed by atoms with van der Waals surface area (Å²) in [5.74, 6) is 0. The molecule has 0 heterocycles. The molecular formula is C4H2BN3O3S. The van der Waals surface area contributed by atoms with Gasteiger partial charge in [0.25, 0.3) is 4.75 Å². The summed E-state index contributed by atoms with van der Waals surface area (Å²) in [7, 11) is -2.12. The minimum Gasteiger partial charge on any atom is -0.401 e. The molecule has 0 unspecified atom stereocenters. The van der Waals surface area contributed by atoms with E-state index in [1.54, 1.807) is 0 Å². The Morgan fingerprint density at radius 3 is 1.83 bits per heavy atom. The van der Waals surface area contributed by atoms with Crippen molar-refractivity contribution in [3.05, 3.63) is 0 Å². The Kier molecular flexibility index (Phi) is 4.13. The molecule has 8 heteroatoms. The lowest BCUT2D eigenvalue weighted by Crippen LogP contribution is -2.22. The van der Waals surface area contributed by atoms with E-state index in [4.69, 9.17) is 25.8 Å². The zero-order valence-corrected chi connectivity index (χ0v) is 6.45. The van der Waals surface area contributed by atoms with Gasteiger partial charge in [-0.25, -0.2) is 0 Å². The van der Waals surface area contributed by atoms with Crippen molar-refractivity contribution in [1.29, 1.82) is 15.8 Å². The average molecular weight is 183 g/mol. The standard InChI is InChI=1S/C4H2BN3O3S/c6-1-4(2-7,3-8)12-11-5(9)10/h9-10H. The fourth-order valence-corrected chi connectivity index (χ4v) is 0.588. The van der Waals surface area contributed by atoms with Crippen molar-refractivity contribution in [2.45, 2.75) is 4.75 Å². The monoisotopic (exact) mass is 183 g/mol. The van der Waals surface area contributed by atoms with Gasteiger partial charge in [-0.3, -0.25) is 0 Å². The Bertz CT molecular complexity index is 239. The molecule has 0 aromatic heterocycles. The lowest BCUT2D eigenvalue weighted by Gasteiger charge is -2.06. The summed E-state index contributed by atoms with van der Waals surface area (Å²) in [6, 6.07) is 4.09. The molecule has 0 aromatic rings. The number of hydrogen-bond donors (Lipinski definition) is 2. The van der Waals surface area contributed by atoms with Gasteiger partial charge in [0, 0.05) is 12.0 Å². The maximum absolute atomic E-state index is 8.33. The third kappa shape index (κ3) is 2.79. The van der Waals surface area contributed by atoms with Gasteiger partial charge in [0.15, 0.2) is 0 Å². The van der Waals surface area contributed by atoms with E-state index in [1.165, 1.54) is 18.2 Å². The first kappa shape index (κ1) is 10.8. The van der Waals surface area contributed by atoms with Crippen molar-refractivity contribution >= 4 is 19.4 Å². The quantitative estimate of drug-likeness (QED) is 0.421. The molecule has 12 heavy (non-hydrogen) atoms. The Hall–Kier alpha value is -1.24. The molecule has 2 N–H and O–H groups in total. The minimum absolute atomic E-state index is 0.0937. The predicted molar refractivity (Wildman–Crippen MR) is 38.4 cm³/mol. The van der Waals surface area contributed by atoms with Gasteiger partial charge in [-0.05, 0) is 0 Å². The van der Waals surface area contributed by atoms with Crippen molar-refractivity contribution in [3.63, 3.8) is 0 Å². The number of rotatable bonds is 3. The van der Waals surface area contributed by atoms with Gasteiger partial charge in [-0.15, -0.1) is 0 Å². The molecular weight excluding hydrogens is 181 g/mol. The van der Waals surface area contributed by atoms with Crippen LogP contribution in [0.1, 0.15) is 0 Å². The molecule has 6 nitrogen and oxygen atoms in total. The molecule has 0 amide bonds. The van der Waals surface area contributed by atoms with E-state index >= 15 is 0 Å². The van der Waals surface area contributed by atoms with Gasteiger partial charge in [0.2, 0.25) is 0 Å². The third-order valence-electron chi connectivity index (χ3n) is 0.732. The molecule has 0 bridgehead atoms. The average Bonchev–Trinajstić information content (AvgIpc) is 2.08.